The SMILES string of the molecule is CC(C)[C@@H](NS(=O)(=O)c1cc(Cl)ccc1OCC(N)=O)C(=O)O. The number of aliphatic carboxylic acids is 1. The molecule has 0 radical (unpaired) electrons. The summed E-state index contributed by atoms with van der Waals surface area (Å²) in [6.45, 7) is 2.59. The molecule has 0 bridgehead atoms. The van der Waals surface area contributed by atoms with Gasteiger partial charge in [-0.15, -0.1) is 0 Å². The highest BCUT2D eigenvalue weighted by Gasteiger charge is 2.30. The molecule has 1 aromatic carbocycles. The summed E-state index contributed by atoms with van der Waals surface area (Å²) in [4.78, 5) is 21.6. The van der Waals surface area contributed by atoms with Crippen LogP contribution in [0.3, 0.4) is 0 Å². The molecule has 128 valence electrons. The van der Waals surface area contributed by atoms with Crippen LogP contribution in [0.4, 0.5) is 0 Å². The zero-order valence-corrected chi connectivity index (χ0v) is 14.0. The van der Waals surface area contributed by atoms with Crippen LogP contribution < -0.4 is 15.2 Å². The number of sulfonamides is 1. The fourth-order valence-electron chi connectivity index (χ4n) is 1.66. The molecule has 0 aliphatic rings. The van der Waals surface area contributed by atoms with Gasteiger partial charge in [0, 0.05) is 5.02 Å². The van der Waals surface area contributed by atoms with E-state index in [1.54, 1.807) is 13.8 Å². The summed E-state index contributed by atoms with van der Waals surface area (Å²) in [6.07, 6.45) is 0. The van der Waals surface area contributed by atoms with Crippen molar-refractivity contribution in [1.82, 2.24) is 4.72 Å². The average molecular weight is 365 g/mol. The molecule has 0 fully saturated rings. The van der Waals surface area contributed by atoms with Gasteiger partial charge in [-0.25, -0.2) is 8.42 Å². The monoisotopic (exact) mass is 364 g/mol. The zero-order valence-electron chi connectivity index (χ0n) is 12.4. The molecule has 23 heavy (non-hydrogen) atoms. The maximum Gasteiger partial charge on any atom is 0.322 e. The van der Waals surface area contributed by atoms with Crippen LogP contribution in [0.15, 0.2) is 23.1 Å². The Hall–Kier alpha value is -1.84. The Bertz CT molecular complexity index is 704. The molecule has 0 saturated carbocycles. The number of halogens is 1. The van der Waals surface area contributed by atoms with Crippen molar-refractivity contribution in [2.24, 2.45) is 11.7 Å². The van der Waals surface area contributed by atoms with Gasteiger partial charge in [-0.1, -0.05) is 25.4 Å². The molecule has 0 unspecified atom stereocenters. The number of carbonyl (C=O) groups excluding carboxylic acids is 1. The molecule has 4 N–H and O–H groups in total. The largest absolute Gasteiger partial charge is 0.482 e. The number of rotatable bonds is 8. The highest BCUT2D eigenvalue weighted by molar-refractivity contribution is 7.89. The first-order chi connectivity index (χ1) is 10.5. The number of primary amides is 1. The van der Waals surface area contributed by atoms with Crippen molar-refractivity contribution in [3.63, 3.8) is 0 Å². The number of nitrogens with one attached hydrogen (secondary N) is 1. The molecule has 10 heteroatoms. The van der Waals surface area contributed by atoms with Gasteiger partial charge in [0.15, 0.2) is 6.61 Å². The molecule has 1 atom stereocenters. The maximum absolute atomic E-state index is 12.4. The minimum Gasteiger partial charge on any atom is -0.482 e. The summed E-state index contributed by atoms with van der Waals surface area (Å²) >= 11 is 5.79. The summed E-state index contributed by atoms with van der Waals surface area (Å²) in [5.41, 5.74) is 4.96. The lowest BCUT2D eigenvalue weighted by atomic mass is 10.1. The molecular weight excluding hydrogens is 348 g/mol. The van der Waals surface area contributed by atoms with Gasteiger partial charge in [-0.2, -0.15) is 4.72 Å². The van der Waals surface area contributed by atoms with E-state index in [0.29, 0.717) is 0 Å². The number of carboxylic acid groups (broad SMARTS) is 1. The van der Waals surface area contributed by atoms with Crippen molar-refractivity contribution in [1.29, 1.82) is 0 Å². The highest BCUT2D eigenvalue weighted by Crippen LogP contribution is 2.27. The van der Waals surface area contributed by atoms with Crippen molar-refractivity contribution in [3.8, 4) is 5.75 Å². The van der Waals surface area contributed by atoms with E-state index >= 15 is 0 Å². The summed E-state index contributed by atoms with van der Waals surface area (Å²) in [7, 11) is -4.24. The summed E-state index contributed by atoms with van der Waals surface area (Å²) in [6, 6.07) is 2.39. The highest BCUT2D eigenvalue weighted by atomic mass is 35.5. The van der Waals surface area contributed by atoms with Gasteiger partial charge >= 0.3 is 5.97 Å². The fourth-order valence-corrected chi connectivity index (χ4v) is 3.41. The van der Waals surface area contributed by atoms with Crippen molar-refractivity contribution < 1.29 is 27.9 Å². The van der Waals surface area contributed by atoms with Crippen LogP contribution in [-0.2, 0) is 19.6 Å². The number of benzene rings is 1. The van der Waals surface area contributed by atoms with Gasteiger partial charge in [-0.3, -0.25) is 9.59 Å². The zero-order chi connectivity index (χ0) is 17.8. The molecule has 0 saturated heterocycles. The molecule has 0 heterocycles. The first kappa shape index (κ1) is 19.2. The Morgan fingerprint density at radius 2 is 2.00 bits per heavy atom. The minimum absolute atomic E-state index is 0.105. The van der Waals surface area contributed by atoms with E-state index in [0.717, 1.165) is 6.07 Å². The van der Waals surface area contributed by atoms with Crippen molar-refractivity contribution in [2.75, 3.05) is 6.61 Å². The smallest absolute Gasteiger partial charge is 0.322 e. The first-order valence-corrected chi connectivity index (χ1v) is 8.36. The number of hydrogen-bond acceptors (Lipinski definition) is 5. The number of ether oxygens (including phenoxy) is 1. The summed E-state index contributed by atoms with van der Waals surface area (Å²) in [5, 5.41) is 9.21. The molecule has 1 aromatic rings. The van der Waals surface area contributed by atoms with Gasteiger partial charge in [0.05, 0.1) is 0 Å². The van der Waals surface area contributed by atoms with Crippen molar-refractivity contribution >= 4 is 33.5 Å². The Balaban J connectivity index is 3.23. The second kappa shape index (κ2) is 7.62. The normalized spacial score (nSPS) is 12.9. The second-order valence-corrected chi connectivity index (χ2v) is 7.15. The van der Waals surface area contributed by atoms with E-state index in [1.807, 2.05) is 0 Å². The van der Waals surface area contributed by atoms with Crippen LogP contribution in [0.1, 0.15) is 13.8 Å². The molecule has 8 nitrogen and oxygen atoms in total. The topological polar surface area (TPSA) is 136 Å². The third kappa shape index (κ3) is 5.38. The third-order valence-electron chi connectivity index (χ3n) is 2.78. The molecule has 0 aromatic heterocycles. The quantitative estimate of drug-likeness (QED) is 0.617. The van der Waals surface area contributed by atoms with Gasteiger partial charge in [0.25, 0.3) is 5.91 Å². The van der Waals surface area contributed by atoms with Crippen LogP contribution >= 0.6 is 11.6 Å². The molecule has 1 amide bonds. The van der Waals surface area contributed by atoms with Gasteiger partial charge in [-0.05, 0) is 24.1 Å². The summed E-state index contributed by atoms with van der Waals surface area (Å²) < 4.78 is 32.0. The number of carbonyl (C=O) groups is 2. The number of nitrogens with two attached hydrogens (primary N) is 1. The van der Waals surface area contributed by atoms with E-state index in [9.17, 15) is 18.0 Å². The number of hydrogen-bond donors (Lipinski definition) is 3. The molecular formula is C13H17ClN2O6S. The van der Waals surface area contributed by atoms with E-state index in [4.69, 9.17) is 27.2 Å². The van der Waals surface area contributed by atoms with E-state index in [1.165, 1.54) is 12.1 Å². The minimum atomic E-state index is -4.24. The predicted octanol–water partition coefficient (Wildman–Crippen LogP) is 0.592. The van der Waals surface area contributed by atoms with Crippen LogP contribution in [0.5, 0.6) is 5.75 Å². The average Bonchev–Trinajstić information content (AvgIpc) is 2.42. The van der Waals surface area contributed by atoms with Crippen molar-refractivity contribution in [3.05, 3.63) is 23.2 Å². The van der Waals surface area contributed by atoms with Crippen LogP contribution in [0.2, 0.25) is 5.02 Å². The van der Waals surface area contributed by atoms with Crippen LogP contribution in [-0.4, -0.2) is 38.0 Å². The Kier molecular flexibility index (Phi) is 6.37. The lowest BCUT2D eigenvalue weighted by molar-refractivity contribution is -0.140. The lowest BCUT2D eigenvalue weighted by Gasteiger charge is -2.19. The lowest BCUT2D eigenvalue weighted by Crippen LogP contribution is -2.44. The number of carboxylic acids is 1. The van der Waals surface area contributed by atoms with Crippen LogP contribution in [0.25, 0.3) is 0 Å². The van der Waals surface area contributed by atoms with E-state index in [-0.39, 0.29) is 15.7 Å². The standard InChI is InChI=1S/C13H17ClN2O6S/c1-7(2)12(13(18)19)16-23(20,21)10-5-8(14)3-4-9(10)22-6-11(15)17/h3-5,7,12,16H,6H2,1-2H3,(H2,15,17)(H,18,19)/t12-/m1/s1. The number of amides is 1. The summed E-state index contributed by atoms with van der Waals surface area (Å²) in [5.74, 6) is -2.75. The fraction of sp³-hybridized carbons (Fsp3) is 0.385. The van der Waals surface area contributed by atoms with Crippen LogP contribution in [0, 0.1) is 5.92 Å². The third-order valence-corrected chi connectivity index (χ3v) is 4.48. The Morgan fingerprint density at radius 1 is 1.39 bits per heavy atom. The molecule has 1 rings (SSSR count). The van der Waals surface area contributed by atoms with Gasteiger partial charge in [0.2, 0.25) is 10.0 Å². The van der Waals surface area contributed by atoms with Gasteiger partial charge < -0.3 is 15.6 Å². The van der Waals surface area contributed by atoms with E-state index in [2.05, 4.69) is 4.72 Å². The van der Waals surface area contributed by atoms with Gasteiger partial charge in [0.1, 0.15) is 16.7 Å². The molecule has 0 aliphatic heterocycles. The Morgan fingerprint density at radius 3 is 2.48 bits per heavy atom. The second-order valence-electron chi connectivity index (χ2n) is 5.03. The molecule has 0 spiro atoms. The predicted molar refractivity (Wildman–Crippen MR) is 82.7 cm³/mol. The maximum atomic E-state index is 12.4. The molecule has 0 aliphatic carbocycles. The van der Waals surface area contributed by atoms with Crippen molar-refractivity contribution in [2.45, 2.75) is 24.8 Å². The Labute approximate surface area is 138 Å². The van der Waals surface area contributed by atoms with E-state index < -0.39 is 40.5 Å². The first-order valence-electron chi connectivity index (χ1n) is 6.50.